The Kier molecular flexibility index (Phi) is 10.6. The second-order valence-corrected chi connectivity index (χ2v) is 17.4. The highest BCUT2D eigenvalue weighted by Crippen LogP contribution is 2.41. The van der Waals surface area contributed by atoms with Crippen LogP contribution in [0.4, 0.5) is 17.1 Å². The Balaban J connectivity index is 0.893. The van der Waals surface area contributed by atoms with Crippen molar-refractivity contribution in [2.24, 2.45) is 0 Å². The van der Waals surface area contributed by atoms with Gasteiger partial charge in [0.1, 0.15) is 0 Å². The van der Waals surface area contributed by atoms with Crippen molar-refractivity contribution in [1.82, 2.24) is 4.57 Å². The van der Waals surface area contributed by atoms with Gasteiger partial charge in [0.25, 0.3) is 0 Å². The SMILES string of the molecule is c1ccc(-c2ccc(N(c3ccc(-c4ccccc4)cc3)c3cccc(-c4ccc(-c5ccc6c(c5)c5ccccc5n6-c5cc(-c6ccccc6)cc(-c6ccccc6)c5)cc4)c3)cc2)cc1. The first-order valence-corrected chi connectivity index (χ1v) is 23.3. The second-order valence-electron chi connectivity index (χ2n) is 17.4. The van der Waals surface area contributed by atoms with Gasteiger partial charge in [-0.25, -0.2) is 0 Å². The van der Waals surface area contributed by atoms with Crippen LogP contribution in [0.2, 0.25) is 0 Å². The van der Waals surface area contributed by atoms with Crippen LogP contribution in [-0.2, 0) is 0 Å². The van der Waals surface area contributed by atoms with Gasteiger partial charge in [0.15, 0.2) is 0 Å². The Morgan fingerprint density at radius 1 is 0.206 bits per heavy atom. The van der Waals surface area contributed by atoms with Crippen molar-refractivity contribution in [3.63, 3.8) is 0 Å². The molecule has 0 atom stereocenters. The van der Waals surface area contributed by atoms with Gasteiger partial charge in [0, 0.05) is 33.5 Å². The molecule has 0 fully saturated rings. The van der Waals surface area contributed by atoms with Crippen LogP contribution in [-0.4, -0.2) is 4.57 Å². The number of para-hydroxylation sites is 1. The van der Waals surface area contributed by atoms with Gasteiger partial charge in [-0.15, -0.1) is 0 Å². The van der Waals surface area contributed by atoms with E-state index < -0.39 is 0 Å². The Morgan fingerprint density at radius 2 is 0.574 bits per heavy atom. The van der Waals surface area contributed by atoms with Gasteiger partial charge >= 0.3 is 0 Å². The van der Waals surface area contributed by atoms with Crippen LogP contribution in [0, 0.1) is 0 Å². The van der Waals surface area contributed by atoms with Crippen molar-refractivity contribution in [1.29, 1.82) is 0 Å². The molecule has 320 valence electrons. The highest BCUT2D eigenvalue weighted by atomic mass is 15.1. The van der Waals surface area contributed by atoms with E-state index in [9.17, 15) is 0 Å². The van der Waals surface area contributed by atoms with E-state index in [2.05, 4.69) is 289 Å². The third-order valence-corrected chi connectivity index (χ3v) is 13.2. The fourth-order valence-corrected chi connectivity index (χ4v) is 9.76. The molecule has 2 heteroatoms. The summed E-state index contributed by atoms with van der Waals surface area (Å²) in [4.78, 5) is 2.35. The van der Waals surface area contributed by atoms with Crippen LogP contribution in [0.15, 0.2) is 279 Å². The molecular formula is C66H46N2. The Bertz CT molecular complexity index is 3530. The van der Waals surface area contributed by atoms with Gasteiger partial charge < -0.3 is 9.47 Å². The molecule has 1 heterocycles. The predicted molar refractivity (Wildman–Crippen MR) is 288 cm³/mol. The highest BCUT2D eigenvalue weighted by molar-refractivity contribution is 6.10. The number of hydrogen-bond acceptors (Lipinski definition) is 1. The third-order valence-electron chi connectivity index (χ3n) is 13.2. The number of fused-ring (bicyclic) bond motifs is 3. The van der Waals surface area contributed by atoms with Gasteiger partial charge in [0.2, 0.25) is 0 Å². The van der Waals surface area contributed by atoms with Crippen molar-refractivity contribution in [2.45, 2.75) is 0 Å². The largest absolute Gasteiger partial charge is 0.310 e. The average Bonchev–Trinajstić information content (AvgIpc) is 3.76. The zero-order valence-electron chi connectivity index (χ0n) is 37.5. The van der Waals surface area contributed by atoms with E-state index in [4.69, 9.17) is 0 Å². The molecule has 0 aliphatic carbocycles. The Labute approximate surface area is 397 Å². The standard InChI is InChI=1S/C66H46N2/c1-5-16-47(17-6-1)51-32-37-59(38-33-51)67(60-39-34-52(35-40-60)48-18-7-2-8-19-48)61-25-15-24-55(43-61)53-28-30-54(31-29-53)56-36-41-66-64(46-56)63-26-13-14-27-65(63)68(66)62-44-57(49-20-9-3-10-21-49)42-58(45-62)50-22-11-4-12-23-50/h1-46H. The zero-order valence-corrected chi connectivity index (χ0v) is 37.5. The maximum absolute atomic E-state index is 2.43. The van der Waals surface area contributed by atoms with Crippen molar-refractivity contribution in [2.75, 3.05) is 4.90 Å². The van der Waals surface area contributed by atoms with E-state index in [-0.39, 0.29) is 0 Å². The summed E-state index contributed by atoms with van der Waals surface area (Å²) in [7, 11) is 0. The summed E-state index contributed by atoms with van der Waals surface area (Å²) in [5.41, 5.74) is 21.1. The first kappa shape index (κ1) is 40.5. The molecule has 0 aliphatic heterocycles. The lowest BCUT2D eigenvalue weighted by molar-refractivity contribution is 1.18. The molecule has 0 bridgehead atoms. The van der Waals surface area contributed by atoms with Crippen molar-refractivity contribution < 1.29 is 0 Å². The smallest absolute Gasteiger partial charge is 0.0541 e. The summed E-state index contributed by atoms with van der Waals surface area (Å²) in [6, 6.07) is 101. The van der Waals surface area contributed by atoms with Crippen LogP contribution in [0.1, 0.15) is 0 Å². The lowest BCUT2D eigenvalue weighted by atomic mass is 9.97. The molecule has 0 unspecified atom stereocenters. The summed E-state index contributed by atoms with van der Waals surface area (Å²) in [5.74, 6) is 0. The first-order valence-electron chi connectivity index (χ1n) is 23.3. The van der Waals surface area contributed by atoms with Crippen molar-refractivity contribution in [3.05, 3.63) is 279 Å². The van der Waals surface area contributed by atoms with E-state index in [1.54, 1.807) is 0 Å². The summed E-state index contributed by atoms with van der Waals surface area (Å²) < 4.78 is 2.43. The van der Waals surface area contributed by atoms with Gasteiger partial charge in [-0.1, -0.05) is 206 Å². The fourth-order valence-electron chi connectivity index (χ4n) is 9.76. The molecule has 2 nitrogen and oxygen atoms in total. The number of aromatic nitrogens is 1. The number of benzene rings is 11. The topological polar surface area (TPSA) is 8.17 Å². The van der Waals surface area contributed by atoms with Gasteiger partial charge in [-0.3, -0.25) is 0 Å². The Hall–Kier alpha value is -8.98. The summed E-state index contributed by atoms with van der Waals surface area (Å²) >= 11 is 0. The zero-order chi connectivity index (χ0) is 45.2. The second kappa shape index (κ2) is 17.8. The predicted octanol–water partition coefficient (Wildman–Crippen LogP) is 18.3. The van der Waals surface area contributed by atoms with Crippen LogP contribution in [0.25, 0.3) is 94.3 Å². The van der Waals surface area contributed by atoms with Crippen LogP contribution in [0.5, 0.6) is 0 Å². The number of hydrogen-bond donors (Lipinski definition) is 0. The van der Waals surface area contributed by atoms with Crippen LogP contribution >= 0.6 is 0 Å². The minimum Gasteiger partial charge on any atom is -0.310 e. The molecule has 0 radical (unpaired) electrons. The molecule has 11 aromatic carbocycles. The van der Waals surface area contributed by atoms with Crippen molar-refractivity contribution >= 4 is 38.9 Å². The number of nitrogens with zero attached hydrogens (tertiary/aromatic N) is 2. The number of rotatable bonds is 10. The average molecular weight is 867 g/mol. The minimum atomic E-state index is 1.10. The molecule has 0 N–H and O–H groups in total. The van der Waals surface area contributed by atoms with Crippen LogP contribution in [0.3, 0.4) is 0 Å². The molecular weight excluding hydrogens is 821 g/mol. The lowest BCUT2D eigenvalue weighted by Crippen LogP contribution is -2.10. The van der Waals surface area contributed by atoms with E-state index >= 15 is 0 Å². The van der Waals surface area contributed by atoms with Crippen molar-refractivity contribution in [3.8, 4) is 72.4 Å². The maximum Gasteiger partial charge on any atom is 0.0541 e. The maximum atomic E-state index is 2.43. The first-order chi connectivity index (χ1) is 33.7. The summed E-state index contributed by atoms with van der Waals surface area (Å²) in [5, 5.41) is 2.47. The minimum absolute atomic E-state index is 1.10. The molecule has 12 rings (SSSR count). The summed E-state index contributed by atoms with van der Waals surface area (Å²) in [6.45, 7) is 0. The van der Waals surface area contributed by atoms with E-state index in [0.717, 1.165) is 28.3 Å². The van der Waals surface area contributed by atoms with E-state index in [0.29, 0.717) is 0 Å². The Morgan fingerprint density at radius 3 is 1.09 bits per heavy atom. The molecule has 1 aromatic heterocycles. The van der Waals surface area contributed by atoms with Gasteiger partial charge in [-0.2, -0.15) is 0 Å². The monoisotopic (exact) mass is 866 g/mol. The lowest BCUT2D eigenvalue weighted by Gasteiger charge is -2.26. The molecule has 0 aliphatic rings. The highest BCUT2D eigenvalue weighted by Gasteiger charge is 2.17. The molecule has 68 heavy (non-hydrogen) atoms. The quantitative estimate of drug-likeness (QED) is 0.133. The molecule has 0 saturated carbocycles. The van der Waals surface area contributed by atoms with Gasteiger partial charge in [0.05, 0.1) is 11.0 Å². The summed E-state index contributed by atoms with van der Waals surface area (Å²) in [6.07, 6.45) is 0. The fraction of sp³-hybridized carbons (Fsp3) is 0. The molecule has 0 amide bonds. The van der Waals surface area contributed by atoms with E-state index in [1.165, 1.54) is 83.0 Å². The molecule has 0 spiro atoms. The normalized spacial score (nSPS) is 11.2. The van der Waals surface area contributed by atoms with E-state index in [1.807, 2.05) is 0 Å². The van der Waals surface area contributed by atoms with Gasteiger partial charge in [-0.05, 0) is 140 Å². The molecule has 12 aromatic rings. The third kappa shape index (κ3) is 7.85. The molecule has 0 saturated heterocycles. The number of anilines is 3. The van der Waals surface area contributed by atoms with Crippen LogP contribution < -0.4 is 4.90 Å².